The number of alkyl halides is 2. The van der Waals surface area contributed by atoms with Crippen molar-refractivity contribution in [1.82, 2.24) is 4.98 Å². The fourth-order valence-corrected chi connectivity index (χ4v) is 1.98. The molecule has 0 aromatic carbocycles. The molecule has 1 heterocycles. The molecule has 7 heteroatoms. The van der Waals surface area contributed by atoms with E-state index in [-0.39, 0.29) is 23.3 Å². The van der Waals surface area contributed by atoms with Crippen LogP contribution < -0.4 is 0 Å². The van der Waals surface area contributed by atoms with Gasteiger partial charge in [0.1, 0.15) is 10.3 Å². The third-order valence-corrected chi connectivity index (χ3v) is 3.87. The highest BCUT2D eigenvalue weighted by molar-refractivity contribution is 9.13. The Balaban J connectivity index is 3.01. The van der Waals surface area contributed by atoms with Crippen LogP contribution >= 0.6 is 31.9 Å². The summed E-state index contributed by atoms with van der Waals surface area (Å²) < 4.78 is 30.5. The Morgan fingerprint density at radius 2 is 2.18 bits per heavy atom. The number of pyridine rings is 1. The van der Waals surface area contributed by atoms with E-state index < -0.39 is 12.4 Å². The lowest BCUT2D eigenvalue weighted by Crippen LogP contribution is -2.09. The van der Waals surface area contributed by atoms with Crippen molar-refractivity contribution in [2.45, 2.75) is 19.8 Å². The summed E-state index contributed by atoms with van der Waals surface area (Å²) in [5.74, 6) is -0.466. The van der Waals surface area contributed by atoms with Gasteiger partial charge in [-0.1, -0.05) is 0 Å². The van der Waals surface area contributed by atoms with Crippen LogP contribution in [0.4, 0.5) is 8.78 Å². The number of esters is 1. The Morgan fingerprint density at radius 1 is 1.53 bits per heavy atom. The summed E-state index contributed by atoms with van der Waals surface area (Å²) in [6.07, 6.45) is -2.75. The number of ether oxygens (including phenoxy) is 1. The van der Waals surface area contributed by atoms with Gasteiger partial charge in [-0.15, -0.1) is 0 Å². The minimum absolute atomic E-state index is 0.0741. The molecule has 0 aliphatic carbocycles. The molecule has 0 unspecified atom stereocenters. The normalized spacial score (nSPS) is 10.7. The highest BCUT2D eigenvalue weighted by atomic mass is 79.9. The van der Waals surface area contributed by atoms with Crippen molar-refractivity contribution in [3.05, 3.63) is 26.4 Å². The average Bonchev–Trinajstić information content (AvgIpc) is 2.24. The highest BCUT2D eigenvalue weighted by Gasteiger charge is 2.17. The number of carbonyl (C=O) groups is 1. The molecular formula is C10H9Br2F2NO2. The van der Waals surface area contributed by atoms with Gasteiger partial charge in [0.15, 0.2) is 0 Å². The molecule has 1 rings (SSSR count). The second-order valence-corrected chi connectivity index (χ2v) is 4.64. The van der Waals surface area contributed by atoms with Crippen molar-refractivity contribution in [1.29, 1.82) is 0 Å². The summed E-state index contributed by atoms with van der Waals surface area (Å²) >= 11 is 6.23. The molecule has 0 aliphatic heterocycles. The molecule has 17 heavy (non-hydrogen) atoms. The van der Waals surface area contributed by atoms with Crippen molar-refractivity contribution in [3.63, 3.8) is 0 Å². The second kappa shape index (κ2) is 6.39. The first-order valence-corrected chi connectivity index (χ1v) is 6.32. The zero-order chi connectivity index (χ0) is 13.0. The average molecular weight is 373 g/mol. The molecule has 0 amide bonds. The van der Waals surface area contributed by atoms with Gasteiger partial charge >= 0.3 is 5.97 Å². The molecule has 0 aliphatic rings. The van der Waals surface area contributed by atoms with Crippen molar-refractivity contribution in [2.24, 2.45) is 0 Å². The van der Waals surface area contributed by atoms with Crippen LogP contribution in [0.25, 0.3) is 0 Å². The minimum Gasteiger partial charge on any atom is -0.466 e. The maximum absolute atomic E-state index is 12.5. The molecule has 0 atom stereocenters. The van der Waals surface area contributed by atoms with Crippen LogP contribution in [0.5, 0.6) is 0 Å². The van der Waals surface area contributed by atoms with Crippen molar-refractivity contribution in [2.75, 3.05) is 6.61 Å². The van der Waals surface area contributed by atoms with E-state index >= 15 is 0 Å². The van der Waals surface area contributed by atoms with Gasteiger partial charge < -0.3 is 4.74 Å². The van der Waals surface area contributed by atoms with E-state index in [4.69, 9.17) is 4.74 Å². The van der Waals surface area contributed by atoms with Gasteiger partial charge in [0.25, 0.3) is 6.43 Å². The van der Waals surface area contributed by atoms with Gasteiger partial charge in [-0.3, -0.25) is 4.79 Å². The third kappa shape index (κ3) is 3.99. The van der Waals surface area contributed by atoms with E-state index in [2.05, 4.69) is 36.8 Å². The van der Waals surface area contributed by atoms with Gasteiger partial charge in [-0.05, 0) is 50.4 Å². The topological polar surface area (TPSA) is 39.2 Å². The minimum atomic E-state index is -2.68. The van der Waals surface area contributed by atoms with Crippen LogP contribution in [0.15, 0.2) is 15.1 Å². The highest BCUT2D eigenvalue weighted by Crippen LogP contribution is 2.29. The van der Waals surface area contributed by atoms with Crippen LogP contribution in [-0.2, 0) is 16.0 Å². The lowest BCUT2D eigenvalue weighted by Gasteiger charge is -2.08. The van der Waals surface area contributed by atoms with E-state index in [1.54, 1.807) is 6.92 Å². The lowest BCUT2D eigenvalue weighted by molar-refractivity contribution is -0.142. The molecule has 0 radical (unpaired) electrons. The van der Waals surface area contributed by atoms with E-state index in [0.29, 0.717) is 10.0 Å². The van der Waals surface area contributed by atoms with Crippen LogP contribution in [0.2, 0.25) is 0 Å². The van der Waals surface area contributed by atoms with Gasteiger partial charge in [0.2, 0.25) is 0 Å². The van der Waals surface area contributed by atoms with Gasteiger partial charge in [0, 0.05) is 0 Å². The molecule has 0 fully saturated rings. The standard InChI is InChI=1S/C10H9Br2F2NO2/c1-2-17-7(16)4-5-3-6(10(13)14)15-9(12)8(5)11/h3,10H,2,4H2,1H3. The zero-order valence-electron chi connectivity index (χ0n) is 8.84. The van der Waals surface area contributed by atoms with E-state index in [1.807, 2.05) is 0 Å². The Hall–Kier alpha value is -0.560. The summed E-state index contributed by atoms with van der Waals surface area (Å²) in [5.41, 5.74) is 0.0417. The number of nitrogens with zero attached hydrogens (tertiary/aromatic N) is 1. The Bertz CT molecular complexity index is 427. The first kappa shape index (κ1) is 14.5. The lowest BCUT2D eigenvalue weighted by atomic mass is 10.1. The third-order valence-electron chi connectivity index (χ3n) is 1.88. The summed E-state index contributed by atoms with van der Waals surface area (Å²) in [5, 5.41) is 0. The predicted molar refractivity (Wildman–Crippen MR) is 64.9 cm³/mol. The molecule has 0 spiro atoms. The maximum Gasteiger partial charge on any atom is 0.310 e. The fourth-order valence-electron chi connectivity index (χ4n) is 1.18. The molecule has 3 nitrogen and oxygen atoms in total. The predicted octanol–water partition coefficient (Wildman–Crippen LogP) is 3.65. The van der Waals surface area contributed by atoms with Gasteiger partial charge in [-0.25, -0.2) is 13.8 Å². The smallest absolute Gasteiger partial charge is 0.310 e. The summed E-state index contributed by atoms with van der Waals surface area (Å²) in [7, 11) is 0. The van der Waals surface area contributed by atoms with Crippen molar-refractivity contribution in [3.8, 4) is 0 Å². The van der Waals surface area contributed by atoms with E-state index in [1.165, 1.54) is 6.07 Å². The number of halogens is 4. The number of hydrogen-bond donors (Lipinski definition) is 0. The molecule has 0 saturated carbocycles. The first-order chi connectivity index (χ1) is 7.95. The van der Waals surface area contributed by atoms with E-state index in [9.17, 15) is 13.6 Å². The summed E-state index contributed by atoms with van der Waals surface area (Å²) in [6, 6.07) is 1.19. The summed E-state index contributed by atoms with van der Waals surface area (Å²) in [4.78, 5) is 14.9. The first-order valence-electron chi connectivity index (χ1n) is 4.74. The molecule has 1 aromatic heterocycles. The molecule has 1 aromatic rings. The number of hydrogen-bond acceptors (Lipinski definition) is 3. The van der Waals surface area contributed by atoms with Gasteiger partial charge in [0.05, 0.1) is 17.5 Å². The fraction of sp³-hybridized carbons (Fsp3) is 0.400. The van der Waals surface area contributed by atoms with Crippen LogP contribution in [0.3, 0.4) is 0 Å². The molecule has 0 N–H and O–H groups in total. The monoisotopic (exact) mass is 371 g/mol. The van der Waals surface area contributed by atoms with Crippen LogP contribution in [0, 0.1) is 0 Å². The zero-order valence-corrected chi connectivity index (χ0v) is 12.0. The number of aromatic nitrogens is 1. The Kier molecular flexibility index (Phi) is 5.45. The van der Waals surface area contributed by atoms with Crippen LogP contribution in [-0.4, -0.2) is 17.6 Å². The SMILES string of the molecule is CCOC(=O)Cc1cc(C(F)F)nc(Br)c1Br. The Labute approximate surface area is 114 Å². The molecular weight excluding hydrogens is 364 g/mol. The van der Waals surface area contributed by atoms with Gasteiger partial charge in [-0.2, -0.15) is 0 Å². The Morgan fingerprint density at radius 3 is 2.71 bits per heavy atom. The maximum atomic E-state index is 12.5. The van der Waals surface area contributed by atoms with Crippen LogP contribution in [0.1, 0.15) is 24.6 Å². The van der Waals surface area contributed by atoms with Crippen molar-refractivity contribution >= 4 is 37.8 Å². The second-order valence-electron chi connectivity index (χ2n) is 3.09. The number of rotatable bonds is 4. The summed E-state index contributed by atoms with van der Waals surface area (Å²) in [6.45, 7) is 1.93. The largest absolute Gasteiger partial charge is 0.466 e. The van der Waals surface area contributed by atoms with E-state index in [0.717, 1.165) is 0 Å². The molecule has 94 valence electrons. The molecule has 0 bridgehead atoms. The number of carbonyl (C=O) groups excluding carboxylic acids is 1. The molecule has 0 saturated heterocycles. The quantitative estimate of drug-likeness (QED) is 0.598. The van der Waals surface area contributed by atoms with Crippen molar-refractivity contribution < 1.29 is 18.3 Å².